The minimum absolute atomic E-state index is 0.0440. The summed E-state index contributed by atoms with van der Waals surface area (Å²) in [5.41, 5.74) is 5.93. The molecule has 0 aliphatic carbocycles. The molecule has 0 radical (unpaired) electrons. The summed E-state index contributed by atoms with van der Waals surface area (Å²) in [6.07, 6.45) is 3.25. The molecular formula is C12H24N4O2. The molecule has 1 aliphatic rings. The molecule has 2 atom stereocenters. The summed E-state index contributed by atoms with van der Waals surface area (Å²) >= 11 is 0. The van der Waals surface area contributed by atoms with Crippen LogP contribution in [0.2, 0.25) is 0 Å². The Balaban J connectivity index is 2.43. The number of urea groups is 1. The number of carbonyl (C=O) groups is 2. The monoisotopic (exact) mass is 256 g/mol. The van der Waals surface area contributed by atoms with Crippen LogP contribution < -0.4 is 16.4 Å². The lowest BCUT2D eigenvalue weighted by molar-refractivity contribution is -0.122. The van der Waals surface area contributed by atoms with Crippen molar-refractivity contribution in [3.05, 3.63) is 0 Å². The molecule has 0 bridgehead atoms. The van der Waals surface area contributed by atoms with Crippen molar-refractivity contribution in [1.29, 1.82) is 0 Å². The highest BCUT2D eigenvalue weighted by Gasteiger charge is 2.27. The first-order valence-electron chi connectivity index (χ1n) is 6.62. The number of piperidine rings is 1. The Labute approximate surface area is 108 Å². The van der Waals surface area contributed by atoms with Gasteiger partial charge in [-0.25, -0.2) is 4.79 Å². The normalized spacial score (nSPS) is 22.3. The summed E-state index contributed by atoms with van der Waals surface area (Å²) < 4.78 is 0. The zero-order valence-corrected chi connectivity index (χ0v) is 11.2. The molecule has 1 rings (SSSR count). The average molecular weight is 256 g/mol. The van der Waals surface area contributed by atoms with Gasteiger partial charge in [0, 0.05) is 18.6 Å². The molecule has 0 saturated carbocycles. The second-order valence-corrected chi connectivity index (χ2v) is 4.80. The Morgan fingerprint density at radius 3 is 2.78 bits per heavy atom. The fraction of sp³-hybridized carbons (Fsp3) is 0.833. The first kappa shape index (κ1) is 14.9. The summed E-state index contributed by atoms with van der Waals surface area (Å²) in [5, 5.41) is 4.85. The maximum Gasteiger partial charge on any atom is 0.321 e. The molecule has 104 valence electrons. The lowest BCUT2D eigenvalue weighted by Crippen LogP contribution is -2.53. The predicted molar refractivity (Wildman–Crippen MR) is 70.1 cm³/mol. The number of nitrogens with one attached hydrogen (secondary N) is 2. The number of hydrogen-bond donors (Lipinski definition) is 3. The zero-order chi connectivity index (χ0) is 13.5. The number of imide groups is 1. The molecule has 0 spiro atoms. The van der Waals surface area contributed by atoms with E-state index in [0.717, 1.165) is 25.8 Å². The summed E-state index contributed by atoms with van der Waals surface area (Å²) in [6.45, 7) is 5.38. The molecule has 1 fully saturated rings. The van der Waals surface area contributed by atoms with Gasteiger partial charge in [0.25, 0.3) is 0 Å². The number of rotatable bonds is 4. The van der Waals surface area contributed by atoms with Crippen molar-refractivity contribution in [2.75, 3.05) is 19.6 Å². The highest BCUT2D eigenvalue weighted by Crippen LogP contribution is 2.18. The fourth-order valence-corrected chi connectivity index (χ4v) is 2.36. The van der Waals surface area contributed by atoms with Crippen LogP contribution in [0.4, 0.5) is 4.79 Å². The van der Waals surface area contributed by atoms with E-state index in [-0.39, 0.29) is 24.5 Å². The van der Waals surface area contributed by atoms with Crippen LogP contribution in [-0.2, 0) is 4.79 Å². The maximum absolute atomic E-state index is 11.7. The minimum atomic E-state index is -0.433. The van der Waals surface area contributed by atoms with E-state index in [1.54, 1.807) is 6.92 Å². The van der Waals surface area contributed by atoms with Gasteiger partial charge in [0.2, 0.25) is 5.91 Å². The standard InChI is InChI=1S/C12H24N4O2/c1-3-14-12(18)15-11(17)8-16-7-5-4-6-10(16)9(2)13/h9-10H,3-8,13H2,1-2H3,(H2,14,15,17,18). The Morgan fingerprint density at radius 1 is 1.44 bits per heavy atom. The van der Waals surface area contributed by atoms with Crippen molar-refractivity contribution in [2.45, 2.75) is 45.2 Å². The smallest absolute Gasteiger partial charge is 0.321 e. The second kappa shape index (κ2) is 7.33. The third-order valence-corrected chi connectivity index (χ3v) is 3.21. The van der Waals surface area contributed by atoms with Crippen molar-refractivity contribution < 1.29 is 9.59 Å². The van der Waals surface area contributed by atoms with Gasteiger partial charge in [0.05, 0.1) is 6.54 Å². The van der Waals surface area contributed by atoms with Crippen LogP contribution >= 0.6 is 0 Å². The number of likely N-dealkylation sites (tertiary alicyclic amines) is 1. The van der Waals surface area contributed by atoms with E-state index >= 15 is 0 Å². The van der Waals surface area contributed by atoms with E-state index in [1.165, 1.54) is 0 Å². The maximum atomic E-state index is 11.7. The quantitative estimate of drug-likeness (QED) is 0.662. The largest absolute Gasteiger partial charge is 0.338 e. The SMILES string of the molecule is CCNC(=O)NC(=O)CN1CCCCC1C(C)N. The molecule has 2 unspecified atom stereocenters. The molecule has 0 aromatic carbocycles. The molecule has 6 heteroatoms. The molecule has 18 heavy (non-hydrogen) atoms. The van der Waals surface area contributed by atoms with E-state index < -0.39 is 6.03 Å². The van der Waals surface area contributed by atoms with E-state index in [4.69, 9.17) is 5.73 Å². The van der Waals surface area contributed by atoms with Crippen LogP contribution in [0.1, 0.15) is 33.1 Å². The summed E-state index contributed by atoms with van der Waals surface area (Å²) in [7, 11) is 0. The highest BCUT2D eigenvalue weighted by molar-refractivity contribution is 5.95. The topological polar surface area (TPSA) is 87.5 Å². The van der Waals surface area contributed by atoms with Crippen molar-refractivity contribution in [2.24, 2.45) is 5.73 Å². The molecule has 1 heterocycles. The van der Waals surface area contributed by atoms with Crippen molar-refractivity contribution in [1.82, 2.24) is 15.5 Å². The zero-order valence-electron chi connectivity index (χ0n) is 11.2. The highest BCUT2D eigenvalue weighted by atomic mass is 16.2. The van der Waals surface area contributed by atoms with Gasteiger partial charge in [-0.1, -0.05) is 6.42 Å². The van der Waals surface area contributed by atoms with Crippen LogP contribution in [0, 0.1) is 0 Å². The predicted octanol–water partition coefficient (Wildman–Crippen LogP) is 0.0338. The van der Waals surface area contributed by atoms with E-state index in [9.17, 15) is 9.59 Å². The van der Waals surface area contributed by atoms with Crippen LogP contribution in [0.25, 0.3) is 0 Å². The summed E-state index contributed by atoms with van der Waals surface area (Å²) in [5.74, 6) is -0.270. The molecular weight excluding hydrogens is 232 g/mol. The first-order valence-corrected chi connectivity index (χ1v) is 6.62. The molecule has 4 N–H and O–H groups in total. The Kier molecular flexibility index (Phi) is 6.07. The number of nitrogens with two attached hydrogens (primary N) is 1. The van der Waals surface area contributed by atoms with Gasteiger partial charge in [0.15, 0.2) is 0 Å². The van der Waals surface area contributed by atoms with E-state index in [2.05, 4.69) is 15.5 Å². The molecule has 0 aromatic rings. The summed E-state index contributed by atoms with van der Waals surface area (Å²) in [6, 6.07) is -0.154. The lowest BCUT2D eigenvalue weighted by atomic mass is 9.97. The average Bonchev–Trinajstić information content (AvgIpc) is 2.29. The van der Waals surface area contributed by atoms with Crippen molar-refractivity contribution in [3.63, 3.8) is 0 Å². The molecule has 1 aliphatic heterocycles. The van der Waals surface area contributed by atoms with Gasteiger partial charge in [0.1, 0.15) is 0 Å². The van der Waals surface area contributed by atoms with Crippen LogP contribution in [0.5, 0.6) is 0 Å². The van der Waals surface area contributed by atoms with Crippen molar-refractivity contribution in [3.8, 4) is 0 Å². The van der Waals surface area contributed by atoms with Crippen LogP contribution in [0.15, 0.2) is 0 Å². The van der Waals surface area contributed by atoms with Gasteiger partial charge >= 0.3 is 6.03 Å². The fourth-order valence-electron chi connectivity index (χ4n) is 2.36. The first-order chi connectivity index (χ1) is 8.54. The van der Waals surface area contributed by atoms with Crippen LogP contribution in [-0.4, -0.2) is 48.6 Å². The van der Waals surface area contributed by atoms with Crippen molar-refractivity contribution >= 4 is 11.9 Å². The summed E-state index contributed by atoms with van der Waals surface area (Å²) in [4.78, 5) is 25.0. The lowest BCUT2D eigenvalue weighted by Gasteiger charge is -2.37. The number of nitrogens with zero attached hydrogens (tertiary/aromatic N) is 1. The number of carbonyl (C=O) groups excluding carboxylic acids is 2. The van der Waals surface area contributed by atoms with E-state index in [0.29, 0.717) is 6.54 Å². The third kappa shape index (κ3) is 4.62. The Bertz CT molecular complexity index is 294. The number of hydrogen-bond acceptors (Lipinski definition) is 4. The molecule has 0 aromatic heterocycles. The van der Waals surface area contributed by atoms with E-state index in [1.807, 2.05) is 6.92 Å². The van der Waals surface area contributed by atoms with Gasteiger partial charge in [-0.3, -0.25) is 15.0 Å². The molecule has 1 saturated heterocycles. The Hall–Kier alpha value is -1.14. The minimum Gasteiger partial charge on any atom is -0.338 e. The molecule has 6 nitrogen and oxygen atoms in total. The van der Waals surface area contributed by atoms with Crippen LogP contribution in [0.3, 0.4) is 0 Å². The number of amides is 3. The third-order valence-electron chi connectivity index (χ3n) is 3.21. The van der Waals surface area contributed by atoms with Gasteiger partial charge < -0.3 is 11.1 Å². The molecule has 3 amide bonds. The Morgan fingerprint density at radius 2 is 2.17 bits per heavy atom. The second-order valence-electron chi connectivity index (χ2n) is 4.80. The van der Waals surface area contributed by atoms with Gasteiger partial charge in [-0.2, -0.15) is 0 Å². The van der Waals surface area contributed by atoms with Gasteiger partial charge in [-0.15, -0.1) is 0 Å². The van der Waals surface area contributed by atoms with Gasteiger partial charge in [-0.05, 0) is 33.2 Å².